The van der Waals surface area contributed by atoms with E-state index in [9.17, 15) is 14.4 Å². The summed E-state index contributed by atoms with van der Waals surface area (Å²) < 4.78 is 16.8. The molecule has 0 saturated heterocycles. The van der Waals surface area contributed by atoms with Crippen molar-refractivity contribution in [2.24, 2.45) is 0 Å². The molecule has 0 bridgehead atoms. The molecule has 1 amide bonds. The maximum absolute atomic E-state index is 12.5. The monoisotopic (exact) mass is 380 g/mol. The molecule has 0 radical (unpaired) electrons. The number of hydrogen-bond acceptors (Lipinski definition) is 6. The highest BCUT2D eigenvalue weighted by Crippen LogP contribution is 2.33. The maximum atomic E-state index is 12.5. The van der Waals surface area contributed by atoms with Crippen LogP contribution in [0.15, 0.2) is 17.1 Å². The van der Waals surface area contributed by atoms with Gasteiger partial charge in [0.1, 0.15) is 11.2 Å². The molecule has 0 unspecified atom stereocenters. The first-order valence-electron chi connectivity index (χ1n) is 8.96. The van der Waals surface area contributed by atoms with Crippen LogP contribution < -0.4 is 5.56 Å². The van der Waals surface area contributed by atoms with E-state index in [1.165, 1.54) is 18.1 Å². The van der Waals surface area contributed by atoms with Gasteiger partial charge < -0.3 is 23.7 Å². The fourth-order valence-corrected chi connectivity index (χ4v) is 2.61. The minimum absolute atomic E-state index is 0.0298. The summed E-state index contributed by atoms with van der Waals surface area (Å²) in [5, 5.41) is 0. The van der Waals surface area contributed by atoms with Crippen molar-refractivity contribution in [3.8, 4) is 0 Å². The quantitative estimate of drug-likeness (QED) is 0.675. The molecule has 1 fully saturated rings. The lowest BCUT2D eigenvalue weighted by molar-refractivity contribution is 0.0183. The van der Waals surface area contributed by atoms with Crippen LogP contribution in [0, 0.1) is 0 Å². The molecule has 150 valence electrons. The van der Waals surface area contributed by atoms with E-state index in [1.807, 2.05) is 0 Å². The highest BCUT2D eigenvalue weighted by atomic mass is 16.6. The number of carbonyl (C=O) groups excluding carboxylic acids is 2. The lowest BCUT2D eigenvalue weighted by atomic mass is 10.1. The summed E-state index contributed by atoms with van der Waals surface area (Å²) in [6.45, 7) is 6.23. The number of rotatable bonds is 7. The molecule has 27 heavy (non-hydrogen) atoms. The molecule has 1 heterocycles. The van der Waals surface area contributed by atoms with Gasteiger partial charge in [-0.2, -0.15) is 0 Å². The second kappa shape index (κ2) is 8.56. The molecule has 1 saturated carbocycles. The Kier molecular flexibility index (Phi) is 6.64. The summed E-state index contributed by atoms with van der Waals surface area (Å²) in [5.74, 6) is -0.683. The van der Waals surface area contributed by atoms with Crippen LogP contribution in [0.3, 0.4) is 0 Å². The topological polar surface area (TPSA) is 87.1 Å². The Morgan fingerprint density at radius 1 is 1.26 bits per heavy atom. The Morgan fingerprint density at radius 2 is 1.93 bits per heavy atom. The molecule has 8 nitrogen and oxygen atoms in total. The predicted octanol–water partition coefficient (Wildman–Crippen LogP) is 2.35. The number of pyridine rings is 1. The van der Waals surface area contributed by atoms with Crippen molar-refractivity contribution >= 4 is 12.1 Å². The first kappa shape index (κ1) is 21.0. The first-order valence-corrected chi connectivity index (χ1v) is 8.96. The highest BCUT2D eigenvalue weighted by Gasteiger charge is 2.28. The Hall–Kier alpha value is -2.35. The lowest BCUT2D eigenvalue weighted by Crippen LogP contribution is -2.38. The number of aromatic nitrogens is 1. The Balaban J connectivity index is 2.32. The number of esters is 1. The average Bonchev–Trinajstić information content (AvgIpc) is 3.42. The minimum Gasteiger partial charge on any atom is -0.465 e. The van der Waals surface area contributed by atoms with E-state index in [0.29, 0.717) is 18.7 Å². The van der Waals surface area contributed by atoms with Crippen molar-refractivity contribution in [2.75, 3.05) is 27.4 Å². The second-order valence-corrected chi connectivity index (χ2v) is 7.59. The molecule has 1 aliphatic carbocycles. The summed E-state index contributed by atoms with van der Waals surface area (Å²) in [7, 11) is 2.79. The molecular weight excluding hydrogens is 352 g/mol. The van der Waals surface area contributed by atoms with Crippen molar-refractivity contribution in [3.05, 3.63) is 33.7 Å². The molecule has 0 spiro atoms. The fraction of sp³-hybridized carbons (Fsp3) is 0.632. The third-order valence-electron chi connectivity index (χ3n) is 4.04. The van der Waals surface area contributed by atoms with Gasteiger partial charge in [-0.1, -0.05) is 0 Å². The van der Waals surface area contributed by atoms with Crippen LogP contribution in [0.4, 0.5) is 4.79 Å². The normalized spacial score (nSPS) is 14.0. The summed E-state index contributed by atoms with van der Waals surface area (Å²) in [4.78, 5) is 38.5. The van der Waals surface area contributed by atoms with Gasteiger partial charge in [0.05, 0.1) is 20.3 Å². The zero-order valence-corrected chi connectivity index (χ0v) is 16.6. The highest BCUT2D eigenvalue weighted by molar-refractivity contribution is 5.89. The van der Waals surface area contributed by atoms with Crippen molar-refractivity contribution in [1.82, 2.24) is 9.47 Å². The molecule has 1 aromatic heterocycles. The van der Waals surface area contributed by atoms with E-state index >= 15 is 0 Å². The van der Waals surface area contributed by atoms with Crippen molar-refractivity contribution in [2.45, 2.75) is 51.8 Å². The van der Waals surface area contributed by atoms with Crippen molar-refractivity contribution < 1.29 is 23.8 Å². The van der Waals surface area contributed by atoms with Crippen LogP contribution >= 0.6 is 0 Å². The third kappa shape index (κ3) is 5.82. The summed E-state index contributed by atoms with van der Waals surface area (Å²) in [6, 6.07) is 1.58. The van der Waals surface area contributed by atoms with Gasteiger partial charge in [-0.25, -0.2) is 9.59 Å². The minimum atomic E-state index is -0.683. The van der Waals surface area contributed by atoms with Crippen LogP contribution in [0.2, 0.25) is 0 Å². The van der Waals surface area contributed by atoms with Crippen LogP contribution in [0.25, 0.3) is 0 Å². The Morgan fingerprint density at radius 3 is 2.44 bits per heavy atom. The summed E-state index contributed by atoms with van der Waals surface area (Å²) >= 11 is 0. The van der Waals surface area contributed by atoms with E-state index < -0.39 is 17.7 Å². The molecule has 8 heteroatoms. The van der Waals surface area contributed by atoms with Gasteiger partial charge >= 0.3 is 12.1 Å². The first-order chi connectivity index (χ1) is 12.7. The van der Waals surface area contributed by atoms with Gasteiger partial charge in [-0.15, -0.1) is 0 Å². The summed E-state index contributed by atoms with van der Waals surface area (Å²) in [5.41, 5.74) is -0.373. The van der Waals surface area contributed by atoms with Crippen molar-refractivity contribution in [3.63, 3.8) is 0 Å². The SMILES string of the molecule is COCCN(Cc1cc(C(=O)OC)c(=O)n(C2CC2)c1)C(=O)OC(C)(C)C. The van der Waals surface area contributed by atoms with E-state index in [0.717, 1.165) is 12.8 Å². The molecule has 0 N–H and O–H groups in total. The zero-order valence-electron chi connectivity index (χ0n) is 16.6. The molecule has 2 rings (SSSR count). The van der Waals surface area contributed by atoms with E-state index in [-0.39, 0.29) is 23.7 Å². The van der Waals surface area contributed by atoms with Crippen LogP contribution in [-0.2, 0) is 20.8 Å². The third-order valence-corrected chi connectivity index (χ3v) is 4.04. The number of amides is 1. The molecule has 0 aliphatic heterocycles. The van der Waals surface area contributed by atoms with E-state index in [1.54, 1.807) is 38.6 Å². The molecule has 1 aromatic rings. The fourth-order valence-electron chi connectivity index (χ4n) is 2.61. The Bertz CT molecular complexity index is 746. The molecule has 1 aliphatic rings. The van der Waals surface area contributed by atoms with Gasteiger partial charge in [0.2, 0.25) is 0 Å². The lowest BCUT2D eigenvalue weighted by Gasteiger charge is -2.27. The van der Waals surface area contributed by atoms with Gasteiger partial charge in [-0.3, -0.25) is 4.79 Å². The predicted molar refractivity (Wildman–Crippen MR) is 98.8 cm³/mol. The maximum Gasteiger partial charge on any atom is 0.410 e. The smallest absolute Gasteiger partial charge is 0.410 e. The van der Waals surface area contributed by atoms with Gasteiger partial charge in [0.25, 0.3) is 5.56 Å². The number of hydrogen-bond donors (Lipinski definition) is 0. The van der Waals surface area contributed by atoms with Crippen molar-refractivity contribution in [1.29, 1.82) is 0 Å². The van der Waals surface area contributed by atoms with Gasteiger partial charge in [-0.05, 0) is 45.2 Å². The zero-order chi connectivity index (χ0) is 20.2. The van der Waals surface area contributed by atoms with Gasteiger partial charge in [0, 0.05) is 25.9 Å². The summed E-state index contributed by atoms with van der Waals surface area (Å²) in [6.07, 6.45) is 3.01. The largest absolute Gasteiger partial charge is 0.465 e. The molecular formula is C19H28N2O6. The van der Waals surface area contributed by atoms with Crippen LogP contribution in [0.5, 0.6) is 0 Å². The van der Waals surface area contributed by atoms with Gasteiger partial charge in [0.15, 0.2) is 0 Å². The number of methoxy groups -OCH3 is 2. The second-order valence-electron chi connectivity index (χ2n) is 7.59. The number of ether oxygens (including phenoxy) is 3. The standard InChI is InChI=1S/C19H28N2O6/c1-19(2,3)27-18(24)20(8-9-25-4)11-13-10-15(17(23)26-5)16(22)21(12-13)14-6-7-14/h10,12,14H,6-9,11H2,1-5H3. The molecule has 0 aromatic carbocycles. The molecule has 0 atom stereocenters. The average molecular weight is 380 g/mol. The number of carbonyl (C=O) groups is 2. The van der Waals surface area contributed by atoms with Crippen LogP contribution in [0.1, 0.15) is 55.6 Å². The van der Waals surface area contributed by atoms with E-state index in [2.05, 4.69) is 0 Å². The van der Waals surface area contributed by atoms with E-state index in [4.69, 9.17) is 14.2 Å². The van der Waals surface area contributed by atoms with Crippen LogP contribution in [-0.4, -0.2) is 54.5 Å². The Labute approximate surface area is 159 Å². The number of nitrogens with zero attached hydrogens (tertiary/aromatic N) is 2.